The average molecular weight is 231 g/mol. The Kier molecular flexibility index (Phi) is 6.43. The molecule has 0 heterocycles. The molecule has 0 saturated heterocycles. The van der Waals surface area contributed by atoms with Gasteiger partial charge in [-0.25, -0.2) is 0 Å². The number of thiocarbonyl (C=S) groups is 1. The van der Waals surface area contributed by atoms with Crippen molar-refractivity contribution in [3.8, 4) is 0 Å². The van der Waals surface area contributed by atoms with Crippen molar-refractivity contribution in [2.75, 3.05) is 20.1 Å². The highest BCUT2D eigenvalue weighted by Gasteiger charge is 2.14. The van der Waals surface area contributed by atoms with Gasteiger partial charge in [0, 0.05) is 19.1 Å². The van der Waals surface area contributed by atoms with Gasteiger partial charge in [0.15, 0.2) is 0 Å². The summed E-state index contributed by atoms with van der Waals surface area (Å²) in [5, 5.41) is 2.80. The number of carbonyl (C=O) groups is 1. The molecule has 1 amide bonds. The third kappa shape index (κ3) is 5.69. The van der Waals surface area contributed by atoms with Gasteiger partial charge in [0.25, 0.3) is 0 Å². The van der Waals surface area contributed by atoms with E-state index in [-0.39, 0.29) is 16.8 Å². The van der Waals surface area contributed by atoms with Crippen LogP contribution in [-0.4, -0.2) is 42.0 Å². The van der Waals surface area contributed by atoms with Crippen molar-refractivity contribution in [1.29, 1.82) is 0 Å². The molecule has 0 fully saturated rings. The van der Waals surface area contributed by atoms with Crippen LogP contribution in [0.1, 0.15) is 20.8 Å². The van der Waals surface area contributed by atoms with Crippen LogP contribution in [0.4, 0.5) is 0 Å². The number of likely N-dealkylation sites (N-methyl/N-ethyl adjacent to an activating group) is 1. The number of hydrogen-bond donors (Lipinski definition) is 2. The minimum Gasteiger partial charge on any atom is -0.393 e. The molecule has 1 unspecified atom stereocenters. The van der Waals surface area contributed by atoms with Crippen LogP contribution in [0.5, 0.6) is 0 Å². The number of rotatable bonds is 6. The lowest BCUT2D eigenvalue weighted by Gasteiger charge is -2.21. The number of nitrogens with two attached hydrogens (primary N) is 1. The highest BCUT2D eigenvalue weighted by Crippen LogP contribution is 1.95. The molecule has 5 heteroatoms. The van der Waals surface area contributed by atoms with Gasteiger partial charge in [-0.3, -0.25) is 4.79 Å². The van der Waals surface area contributed by atoms with E-state index in [4.69, 9.17) is 18.0 Å². The van der Waals surface area contributed by atoms with Gasteiger partial charge in [0.05, 0.1) is 10.9 Å². The summed E-state index contributed by atoms with van der Waals surface area (Å²) in [5.74, 6) is -0.482. The Hall–Kier alpha value is -0.680. The summed E-state index contributed by atoms with van der Waals surface area (Å²) in [4.78, 5) is 13.8. The summed E-state index contributed by atoms with van der Waals surface area (Å²) in [7, 11) is 2.02. The Balaban J connectivity index is 3.78. The monoisotopic (exact) mass is 231 g/mol. The molecule has 1 atom stereocenters. The van der Waals surface area contributed by atoms with E-state index in [0.29, 0.717) is 12.6 Å². The summed E-state index contributed by atoms with van der Waals surface area (Å²) in [5.41, 5.74) is 5.38. The number of hydrogen-bond acceptors (Lipinski definition) is 3. The zero-order valence-corrected chi connectivity index (χ0v) is 10.7. The van der Waals surface area contributed by atoms with Gasteiger partial charge in [-0.2, -0.15) is 0 Å². The molecular weight excluding hydrogens is 210 g/mol. The Morgan fingerprint density at radius 2 is 2.00 bits per heavy atom. The normalized spacial score (nSPS) is 12.9. The van der Waals surface area contributed by atoms with Crippen LogP contribution < -0.4 is 11.1 Å². The van der Waals surface area contributed by atoms with E-state index in [1.807, 2.05) is 7.05 Å². The lowest BCUT2D eigenvalue weighted by Crippen LogP contribution is -2.40. The second-order valence-electron chi connectivity index (χ2n) is 3.99. The molecule has 0 aliphatic rings. The van der Waals surface area contributed by atoms with Crippen molar-refractivity contribution in [2.24, 2.45) is 11.7 Å². The zero-order valence-electron chi connectivity index (χ0n) is 9.91. The fraction of sp³-hybridized carbons (Fsp3) is 0.800. The second-order valence-corrected chi connectivity index (χ2v) is 4.46. The molecule has 0 aliphatic carbocycles. The molecule has 0 aliphatic heterocycles. The van der Waals surface area contributed by atoms with Gasteiger partial charge < -0.3 is 16.0 Å². The van der Waals surface area contributed by atoms with Gasteiger partial charge in [-0.15, -0.1) is 0 Å². The van der Waals surface area contributed by atoms with Crippen molar-refractivity contribution >= 4 is 23.1 Å². The lowest BCUT2D eigenvalue weighted by atomic mass is 10.1. The number of nitrogens with one attached hydrogen (secondary N) is 1. The van der Waals surface area contributed by atoms with Crippen molar-refractivity contribution < 1.29 is 4.79 Å². The van der Waals surface area contributed by atoms with E-state index >= 15 is 0 Å². The van der Waals surface area contributed by atoms with Crippen LogP contribution in [0.15, 0.2) is 0 Å². The third-order valence-electron chi connectivity index (χ3n) is 2.47. The van der Waals surface area contributed by atoms with Crippen LogP contribution in [0.25, 0.3) is 0 Å². The van der Waals surface area contributed by atoms with Gasteiger partial charge in [0.1, 0.15) is 0 Å². The van der Waals surface area contributed by atoms with E-state index in [1.54, 1.807) is 6.92 Å². The smallest absolute Gasteiger partial charge is 0.229 e. The molecule has 4 nitrogen and oxygen atoms in total. The largest absolute Gasteiger partial charge is 0.393 e. The first-order chi connectivity index (χ1) is 6.86. The Morgan fingerprint density at radius 1 is 1.47 bits per heavy atom. The first kappa shape index (κ1) is 14.3. The summed E-state index contributed by atoms with van der Waals surface area (Å²) < 4.78 is 0. The minimum atomic E-state index is -0.385. The van der Waals surface area contributed by atoms with E-state index in [9.17, 15) is 4.79 Å². The molecule has 3 N–H and O–H groups in total. The van der Waals surface area contributed by atoms with Crippen LogP contribution in [0, 0.1) is 5.92 Å². The Morgan fingerprint density at radius 3 is 2.40 bits per heavy atom. The molecule has 0 bridgehead atoms. The van der Waals surface area contributed by atoms with Crippen molar-refractivity contribution in [3.63, 3.8) is 0 Å². The summed E-state index contributed by atoms with van der Waals surface area (Å²) in [6.45, 7) is 7.39. The van der Waals surface area contributed by atoms with Crippen LogP contribution in [0.3, 0.4) is 0 Å². The van der Waals surface area contributed by atoms with Gasteiger partial charge in [0.2, 0.25) is 5.91 Å². The standard InChI is InChI=1S/C10H21N3OS/c1-7(2)13(4)6-5-12-10(14)8(3)9(11)15/h7-8H,5-6H2,1-4H3,(H2,11,15)(H,12,14). The van der Waals surface area contributed by atoms with Crippen LogP contribution in [0.2, 0.25) is 0 Å². The highest BCUT2D eigenvalue weighted by atomic mass is 32.1. The molecule has 0 rings (SSSR count). The third-order valence-corrected chi connectivity index (χ3v) is 2.82. The number of amides is 1. The predicted molar refractivity (Wildman–Crippen MR) is 66.7 cm³/mol. The maximum atomic E-state index is 11.4. The molecule has 15 heavy (non-hydrogen) atoms. The predicted octanol–water partition coefficient (Wildman–Crippen LogP) is 0.365. The first-order valence-corrected chi connectivity index (χ1v) is 5.54. The summed E-state index contributed by atoms with van der Waals surface area (Å²) >= 11 is 4.74. The first-order valence-electron chi connectivity index (χ1n) is 5.13. The molecule has 0 aromatic rings. The summed E-state index contributed by atoms with van der Waals surface area (Å²) in [6.07, 6.45) is 0. The summed E-state index contributed by atoms with van der Waals surface area (Å²) in [6, 6.07) is 0.481. The quantitative estimate of drug-likeness (QED) is 0.648. The van der Waals surface area contributed by atoms with Crippen molar-refractivity contribution in [2.45, 2.75) is 26.8 Å². The van der Waals surface area contributed by atoms with E-state index in [1.165, 1.54) is 0 Å². The van der Waals surface area contributed by atoms with Crippen molar-refractivity contribution in [3.05, 3.63) is 0 Å². The SMILES string of the molecule is CC(C(=O)NCCN(C)C(C)C)C(N)=S. The fourth-order valence-electron chi connectivity index (χ4n) is 0.896. The molecule has 0 radical (unpaired) electrons. The lowest BCUT2D eigenvalue weighted by molar-refractivity contribution is -0.122. The molecule has 0 saturated carbocycles. The van der Waals surface area contributed by atoms with E-state index < -0.39 is 0 Å². The number of nitrogens with zero attached hydrogens (tertiary/aromatic N) is 1. The fourth-order valence-corrected chi connectivity index (χ4v) is 1.00. The highest BCUT2D eigenvalue weighted by molar-refractivity contribution is 7.80. The molecule has 0 aromatic carbocycles. The second kappa shape index (κ2) is 6.74. The Labute approximate surface area is 97.2 Å². The molecular formula is C10H21N3OS. The minimum absolute atomic E-state index is 0.0975. The maximum absolute atomic E-state index is 11.4. The maximum Gasteiger partial charge on any atom is 0.229 e. The molecule has 88 valence electrons. The molecule has 0 aromatic heterocycles. The van der Waals surface area contributed by atoms with Crippen LogP contribution in [-0.2, 0) is 4.79 Å². The Bertz CT molecular complexity index is 231. The number of carbonyl (C=O) groups excluding carboxylic acids is 1. The van der Waals surface area contributed by atoms with Gasteiger partial charge in [-0.05, 0) is 27.8 Å². The van der Waals surface area contributed by atoms with E-state index in [2.05, 4.69) is 24.1 Å². The average Bonchev–Trinajstić information content (AvgIpc) is 2.15. The zero-order chi connectivity index (χ0) is 12.0. The topological polar surface area (TPSA) is 58.4 Å². The molecule has 0 spiro atoms. The van der Waals surface area contributed by atoms with E-state index in [0.717, 1.165) is 6.54 Å². The van der Waals surface area contributed by atoms with Gasteiger partial charge >= 0.3 is 0 Å². The van der Waals surface area contributed by atoms with Gasteiger partial charge in [-0.1, -0.05) is 12.2 Å². The van der Waals surface area contributed by atoms with Crippen LogP contribution >= 0.6 is 12.2 Å². The van der Waals surface area contributed by atoms with Crippen molar-refractivity contribution in [1.82, 2.24) is 10.2 Å².